The summed E-state index contributed by atoms with van der Waals surface area (Å²) in [6.07, 6.45) is 31.3. The van der Waals surface area contributed by atoms with Gasteiger partial charge in [0.2, 0.25) is 0 Å². The van der Waals surface area contributed by atoms with Crippen molar-refractivity contribution in [3.8, 4) is 0 Å². The molecule has 3 aromatic rings. The molecule has 1 saturated heterocycles. The van der Waals surface area contributed by atoms with E-state index in [1.54, 1.807) is 96.3 Å². The predicted octanol–water partition coefficient (Wildman–Crippen LogP) is 17.1. The molecule has 7 rings (SSSR count). The predicted molar refractivity (Wildman–Crippen MR) is 269 cm³/mol. The molecule has 334 valence electrons. The summed E-state index contributed by atoms with van der Waals surface area (Å²) in [6, 6.07) is 20.3. The van der Waals surface area contributed by atoms with E-state index in [0.717, 1.165) is 5.56 Å². The van der Waals surface area contributed by atoms with Gasteiger partial charge >= 0.3 is 73.4 Å². The van der Waals surface area contributed by atoms with Crippen molar-refractivity contribution in [3.63, 3.8) is 0 Å². The topological polar surface area (TPSA) is 6.48 Å². The molecule has 4 fully saturated rings. The average Bonchev–Trinajstić information content (AvgIpc) is 3.56. The standard InChI is InChI=1S/C29H43N2.C18H33P.C7H6.2ClH.Ru/c1-9-11-13-26-27(14-12-10-2)31(29-24(7)17-21(4)18-25(29)8)19-30(26)28-22(5)15-20(3)16-23(28)6;1-4-10-16(11-5-1)19(17-12-6-2-7-13-17)18-14-8-3-9-15-18;1-7-5-3-2-4-6-7;;;/h15-19,26-27H,9-14H2,1-8H3;16-18H,1-15H2;1-6H;2*1H;/q+1;;;;;+2/p-1. The van der Waals surface area contributed by atoms with Crippen LogP contribution in [0, 0.1) is 48.2 Å². The molecular weight excluding hydrogens is 880 g/mol. The first-order chi connectivity index (χ1) is 29.0. The normalized spacial score (nSPS) is 20.6. The molecule has 0 aromatic heterocycles. The van der Waals surface area contributed by atoms with Crippen molar-refractivity contribution >= 4 is 43.3 Å². The molecule has 3 aliphatic carbocycles. The Morgan fingerprint density at radius 1 is 0.567 bits per heavy atom. The van der Waals surface area contributed by atoms with Crippen LogP contribution in [0.3, 0.4) is 0 Å². The van der Waals surface area contributed by atoms with Crippen LogP contribution in [0.5, 0.6) is 0 Å². The van der Waals surface area contributed by atoms with E-state index < -0.39 is 13.5 Å². The monoisotopic (exact) mass is 962 g/mol. The van der Waals surface area contributed by atoms with E-state index in [0.29, 0.717) is 12.1 Å². The number of nitrogens with zero attached hydrogens (tertiary/aromatic N) is 2. The average molecular weight is 963 g/mol. The van der Waals surface area contributed by atoms with Gasteiger partial charge in [-0.1, -0.05) is 94.2 Å². The van der Waals surface area contributed by atoms with Crippen molar-refractivity contribution in [2.24, 2.45) is 0 Å². The number of hydrogen-bond donors (Lipinski definition) is 0. The Morgan fingerprint density at radius 3 is 1.23 bits per heavy atom. The third kappa shape index (κ3) is 14.3. The summed E-state index contributed by atoms with van der Waals surface area (Å²) in [6.45, 7) is 20.6. The van der Waals surface area contributed by atoms with Gasteiger partial charge < -0.3 is 0 Å². The van der Waals surface area contributed by atoms with E-state index in [1.165, 1.54) is 100 Å². The fraction of sp³-hybridized carbons (Fsp3) is 0.630. The van der Waals surface area contributed by atoms with Crippen molar-refractivity contribution in [3.05, 3.63) is 100 Å². The molecule has 1 aliphatic heterocycles. The van der Waals surface area contributed by atoms with Crippen molar-refractivity contribution in [2.45, 2.75) is 219 Å². The maximum atomic E-state index is 5.67. The van der Waals surface area contributed by atoms with Gasteiger partial charge in [-0.15, -0.1) is 0 Å². The van der Waals surface area contributed by atoms with Gasteiger partial charge in [0.1, 0.15) is 0 Å². The van der Waals surface area contributed by atoms with Crippen molar-refractivity contribution in [1.29, 1.82) is 0 Å². The second-order valence-corrected chi connectivity index (χ2v) is 28.2. The minimum atomic E-state index is -1.61. The molecule has 0 amide bonds. The number of hydrogen-bond acceptors (Lipinski definition) is 2. The van der Waals surface area contributed by atoms with Crippen LogP contribution in [-0.2, 0) is 13.5 Å². The van der Waals surface area contributed by atoms with Crippen LogP contribution in [0.1, 0.15) is 188 Å². The molecule has 60 heavy (non-hydrogen) atoms. The Labute approximate surface area is 383 Å². The van der Waals surface area contributed by atoms with Crippen molar-refractivity contribution < 1.29 is 13.5 Å². The summed E-state index contributed by atoms with van der Waals surface area (Å²) >= 11 is -1.61. The Hall–Kier alpha value is -1.37. The van der Waals surface area contributed by atoms with Gasteiger partial charge in [-0.05, 0) is 154 Å². The van der Waals surface area contributed by atoms with Gasteiger partial charge in [-0.25, -0.2) is 0 Å². The van der Waals surface area contributed by atoms with Crippen molar-refractivity contribution in [2.75, 3.05) is 9.80 Å². The number of unbranched alkanes of at least 4 members (excludes halogenated alkanes) is 2. The molecule has 4 aliphatic rings. The summed E-state index contributed by atoms with van der Waals surface area (Å²) < 4.78 is 1.92. The van der Waals surface area contributed by atoms with Gasteiger partial charge in [0, 0.05) is 7.92 Å². The van der Waals surface area contributed by atoms with Crippen LogP contribution in [0.4, 0.5) is 11.4 Å². The van der Waals surface area contributed by atoms with E-state index in [4.69, 9.17) is 19.4 Å². The molecular formula is C54H83Cl2N2PRu+2. The number of rotatable bonds is 12. The van der Waals surface area contributed by atoms with Crippen molar-refractivity contribution in [1.82, 2.24) is 0 Å². The first-order valence-corrected chi connectivity index (χ1v) is 31.6. The van der Waals surface area contributed by atoms with Crippen LogP contribution in [0.15, 0.2) is 54.6 Å². The fourth-order valence-corrected chi connectivity index (χ4v) is 18.7. The van der Waals surface area contributed by atoms with Crippen LogP contribution in [0.2, 0.25) is 0 Å². The molecule has 1 heterocycles. The van der Waals surface area contributed by atoms with E-state index in [2.05, 4.69) is 96.1 Å². The zero-order chi connectivity index (χ0) is 43.0. The quantitative estimate of drug-likeness (QED) is 0.101. The zero-order valence-electron chi connectivity index (χ0n) is 39.1. The van der Waals surface area contributed by atoms with Gasteiger partial charge in [0.15, 0.2) is 0 Å². The molecule has 0 bridgehead atoms. The molecule has 6 heteroatoms. The van der Waals surface area contributed by atoms with Crippen LogP contribution >= 0.6 is 27.3 Å². The van der Waals surface area contributed by atoms with Gasteiger partial charge in [-0.2, -0.15) is 9.80 Å². The first kappa shape index (κ1) is 49.6. The second-order valence-electron chi connectivity index (χ2n) is 19.1. The van der Waals surface area contributed by atoms with Gasteiger partial charge in [-0.3, -0.25) is 0 Å². The van der Waals surface area contributed by atoms with E-state index in [1.807, 2.05) is 34.9 Å². The van der Waals surface area contributed by atoms with E-state index in [-0.39, 0.29) is 7.92 Å². The fourth-order valence-electron chi connectivity index (χ4n) is 11.7. The van der Waals surface area contributed by atoms with Crippen LogP contribution < -0.4 is 9.80 Å². The number of halogens is 2. The molecule has 2 unspecified atom stereocenters. The number of aryl methyl sites for hydroxylation is 6. The Morgan fingerprint density at radius 2 is 0.917 bits per heavy atom. The molecule has 2 nitrogen and oxygen atoms in total. The molecule has 0 radical (unpaired) electrons. The Kier molecular flexibility index (Phi) is 21.4. The van der Waals surface area contributed by atoms with E-state index >= 15 is 0 Å². The third-order valence-electron chi connectivity index (χ3n) is 14.1. The first-order valence-electron chi connectivity index (χ1n) is 24.3. The summed E-state index contributed by atoms with van der Waals surface area (Å²) in [7, 11) is 11.3. The maximum absolute atomic E-state index is 5.67. The number of benzene rings is 3. The van der Waals surface area contributed by atoms with E-state index in [9.17, 15) is 0 Å². The molecule has 0 spiro atoms. The summed E-state index contributed by atoms with van der Waals surface area (Å²) in [5.41, 5.74) is 15.9. The summed E-state index contributed by atoms with van der Waals surface area (Å²) in [5, 5.41) is 0. The summed E-state index contributed by atoms with van der Waals surface area (Å²) in [4.78, 5) is 5.28. The molecule has 3 aromatic carbocycles. The third-order valence-corrected chi connectivity index (χ3v) is 20.6. The molecule has 2 atom stereocenters. The molecule has 3 saturated carbocycles. The van der Waals surface area contributed by atoms with Gasteiger partial charge in [0.05, 0.1) is 40.4 Å². The van der Waals surface area contributed by atoms with Gasteiger partial charge in [0.25, 0.3) is 6.67 Å². The number of anilines is 2. The molecule has 0 N–H and O–H groups in total. The van der Waals surface area contributed by atoms with Crippen LogP contribution in [-0.4, -0.2) is 33.7 Å². The second kappa shape index (κ2) is 25.8. The SMILES string of the molecule is C1CCC([PH+](C2CCCCC2)C2CCCCC2)CC1.CCCCC1C(CCCC)N(c2c(C)cc(C)cc2C)[CH+]N1c1c(C)cc(C)cc1C.[Cl][Ru]([Cl])=[CH]c1ccccc1. The Balaban J connectivity index is 0.000000197. The Bertz CT molecular complexity index is 1580. The summed E-state index contributed by atoms with van der Waals surface area (Å²) in [5.74, 6) is 0. The minimum absolute atomic E-state index is 0.0465. The van der Waals surface area contributed by atoms with Crippen LogP contribution in [0.25, 0.3) is 0 Å². The zero-order valence-corrected chi connectivity index (χ0v) is 43.3.